The number of halogens is 3. The molecule has 0 aliphatic heterocycles. The van der Waals surface area contributed by atoms with E-state index in [9.17, 15) is 17.7 Å². The van der Waals surface area contributed by atoms with Crippen molar-refractivity contribution >= 4 is 22.2 Å². The van der Waals surface area contributed by atoms with E-state index in [0.29, 0.717) is 11.4 Å². The SMILES string of the molecule is CC[S+]([O-])c1cc(C(F)(F)F)ccc1-c1nc2cc(C)ccc2n1C. The second-order valence-electron chi connectivity index (χ2n) is 5.83. The largest absolute Gasteiger partial charge is 0.611 e. The Labute approximate surface area is 146 Å². The maximum Gasteiger partial charge on any atom is 0.416 e. The van der Waals surface area contributed by atoms with Gasteiger partial charge in [0.05, 0.1) is 22.2 Å². The number of nitrogens with zero attached hydrogens (tertiary/aromatic N) is 2. The van der Waals surface area contributed by atoms with E-state index in [0.717, 1.165) is 28.7 Å². The zero-order valence-corrected chi connectivity index (χ0v) is 14.8. The second kappa shape index (κ2) is 6.38. The van der Waals surface area contributed by atoms with Crippen LogP contribution < -0.4 is 0 Å². The molecule has 1 atom stereocenters. The lowest BCUT2D eigenvalue weighted by molar-refractivity contribution is -0.137. The number of hydrogen-bond donors (Lipinski definition) is 0. The maximum absolute atomic E-state index is 13.0. The monoisotopic (exact) mass is 366 g/mol. The number of hydrogen-bond acceptors (Lipinski definition) is 2. The van der Waals surface area contributed by atoms with Crippen molar-refractivity contribution in [1.29, 1.82) is 0 Å². The molecular weight excluding hydrogens is 349 g/mol. The molecule has 132 valence electrons. The van der Waals surface area contributed by atoms with Crippen LogP contribution in [-0.2, 0) is 24.4 Å². The van der Waals surface area contributed by atoms with Gasteiger partial charge in [-0.3, -0.25) is 0 Å². The lowest BCUT2D eigenvalue weighted by Gasteiger charge is -2.15. The van der Waals surface area contributed by atoms with E-state index in [-0.39, 0.29) is 10.6 Å². The molecule has 0 spiro atoms. The van der Waals surface area contributed by atoms with Crippen LogP contribution in [0.25, 0.3) is 22.4 Å². The van der Waals surface area contributed by atoms with Crippen molar-refractivity contribution < 1.29 is 17.7 Å². The van der Waals surface area contributed by atoms with Gasteiger partial charge in [-0.25, -0.2) is 4.98 Å². The van der Waals surface area contributed by atoms with Crippen LogP contribution >= 0.6 is 0 Å². The summed E-state index contributed by atoms with van der Waals surface area (Å²) in [6.07, 6.45) is -4.48. The fourth-order valence-corrected chi connectivity index (χ4v) is 3.75. The summed E-state index contributed by atoms with van der Waals surface area (Å²) in [4.78, 5) is 4.72. The molecule has 1 unspecified atom stereocenters. The molecular formula is C18H17F3N2OS. The van der Waals surface area contributed by atoms with Crippen LogP contribution in [0.3, 0.4) is 0 Å². The van der Waals surface area contributed by atoms with Crippen LogP contribution in [0.1, 0.15) is 18.1 Å². The van der Waals surface area contributed by atoms with E-state index in [1.807, 2.05) is 29.7 Å². The number of fused-ring (bicyclic) bond motifs is 1. The normalized spacial score (nSPS) is 13.4. The highest BCUT2D eigenvalue weighted by molar-refractivity contribution is 7.91. The van der Waals surface area contributed by atoms with E-state index < -0.39 is 22.9 Å². The molecule has 0 amide bonds. The summed E-state index contributed by atoms with van der Waals surface area (Å²) in [6, 6.07) is 9.13. The van der Waals surface area contributed by atoms with Crippen molar-refractivity contribution in [1.82, 2.24) is 9.55 Å². The molecule has 0 N–H and O–H groups in total. The minimum absolute atomic E-state index is 0.160. The van der Waals surface area contributed by atoms with Gasteiger partial charge in [-0.1, -0.05) is 6.07 Å². The van der Waals surface area contributed by atoms with Crippen LogP contribution in [0.15, 0.2) is 41.3 Å². The van der Waals surface area contributed by atoms with Crippen LogP contribution in [0.5, 0.6) is 0 Å². The number of alkyl halides is 3. The predicted octanol–water partition coefficient (Wildman–Crippen LogP) is 4.70. The van der Waals surface area contributed by atoms with Crippen molar-refractivity contribution in [3.05, 3.63) is 47.5 Å². The van der Waals surface area contributed by atoms with Crippen LogP contribution in [0.4, 0.5) is 13.2 Å². The van der Waals surface area contributed by atoms with Crippen LogP contribution in [0.2, 0.25) is 0 Å². The van der Waals surface area contributed by atoms with E-state index in [2.05, 4.69) is 4.98 Å². The fraction of sp³-hybridized carbons (Fsp3) is 0.278. The van der Waals surface area contributed by atoms with Gasteiger partial charge in [0.1, 0.15) is 11.6 Å². The standard InChI is InChI=1S/C18H17F3N2OS/c1-4-25(24)16-10-12(18(19,20)21)6-7-13(16)17-22-14-9-11(2)5-8-15(14)23(17)3/h5-10H,4H2,1-3H3. The van der Waals surface area contributed by atoms with Gasteiger partial charge in [-0.15, -0.1) is 0 Å². The number of imidazole rings is 1. The molecule has 25 heavy (non-hydrogen) atoms. The molecule has 0 bridgehead atoms. The van der Waals surface area contributed by atoms with Gasteiger partial charge < -0.3 is 9.12 Å². The minimum atomic E-state index is -4.48. The molecule has 0 aliphatic rings. The Hall–Kier alpha value is -1.99. The van der Waals surface area contributed by atoms with Crippen molar-refractivity contribution in [2.24, 2.45) is 7.05 Å². The molecule has 0 saturated carbocycles. The molecule has 3 aromatic rings. The Balaban J connectivity index is 2.24. The third-order valence-electron chi connectivity index (χ3n) is 4.09. The lowest BCUT2D eigenvalue weighted by atomic mass is 10.1. The number of rotatable bonds is 3. The summed E-state index contributed by atoms with van der Waals surface area (Å²) in [6.45, 7) is 3.63. The molecule has 0 radical (unpaired) electrons. The summed E-state index contributed by atoms with van der Waals surface area (Å²) < 4.78 is 53.3. The van der Waals surface area contributed by atoms with Gasteiger partial charge in [0.25, 0.3) is 0 Å². The number of aryl methyl sites for hydroxylation is 2. The Bertz CT molecular complexity index is 934. The zero-order valence-electron chi connectivity index (χ0n) is 14.0. The third kappa shape index (κ3) is 3.26. The highest BCUT2D eigenvalue weighted by atomic mass is 32.2. The lowest BCUT2D eigenvalue weighted by Crippen LogP contribution is -2.11. The summed E-state index contributed by atoms with van der Waals surface area (Å²) in [5.74, 6) is 0.739. The molecule has 0 saturated heterocycles. The predicted molar refractivity (Wildman–Crippen MR) is 92.8 cm³/mol. The van der Waals surface area contributed by atoms with Crippen molar-refractivity contribution in [2.45, 2.75) is 24.9 Å². The summed E-state index contributed by atoms with van der Waals surface area (Å²) >= 11 is -1.54. The Morgan fingerprint density at radius 1 is 1.16 bits per heavy atom. The topological polar surface area (TPSA) is 40.9 Å². The first-order valence-corrected chi connectivity index (χ1v) is 9.07. The summed E-state index contributed by atoms with van der Waals surface area (Å²) in [5, 5.41) is 0. The quantitative estimate of drug-likeness (QED) is 0.631. The fourth-order valence-electron chi connectivity index (χ4n) is 2.78. The van der Waals surface area contributed by atoms with E-state index in [1.165, 1.54) is 6.07 Å². The van der Waals surface area contributed by atoms with Gasteiger partial charge in [0.2, 0.25) is 0 Å². The highest BCUT2D eigenvalue weighted by Gasteiger charge is 2.33. The van der Waals surface area contributed by atoms with Gasteiger partial charge in [-0.05, 0) is 54.9 Å². The molecule has 2 aromatic carbocycles. The Morgan fingerprint density at radius 2 is 1.88 bits per heavy atom. The van der Waals surface area contributed by atoms with Crippen LogP contribution in [0, 0.1) is 6.92 Å². The van der Waals surface area contributed by atoms with Gasteiger partial charge in [0, 0.05) is 13.1 Å². The Morgan fingerprint density at radius 3 is 2.52 bits per heavy atom. The molecule has 7 heteroatoms. The first-order chi connectivity index (χ1) is 11.7. The molecule has 1 aromatic heterocycles. The summed E-state index contributed by atoms with van der Waals surface area (Å²) in [7, 11) is 1.80. The number of benzene rings is 2. The van der Waals surface area contributed by atoms with Gasteiger partial charge in [0.15, 0.2) is 4.90 Å². The second-order valence-corrected chi connectivity index (χ2v) is 7.54. The van der Waals surface area contributed by atoms with Crippen molar-refractivity contribution in [2.75, 3.05) is 5.75 Å². The van der Waals surface area contributed by atoms with E-state index in [1.54, 1.807) is 14.0 Å². The molecule has 0 fully saturated rings. The zero-order chi connectivity index (χ0) is 18.4. The maximum atomic E-state index is 13.0. The van der Waals surface area contributed by atoms with Gasteiger partial charge >= 0.3 is 6.18 Å². The van der Waals surface area contributed by atoms with Gasteiger partial charge in [-0.2, -0.15) is 13.2 Å². The van der Waals surface area contributed by atoms with E-state index in [4.69, 9.17) is 0 Å². The first-order valence-electron chi connectivity index (χ1n) is 7.75. The number of aromatic nitrogens is 2. The minimum Gasteiger partial charge on any atom is -0.611 e. The van der Waals surface area contributed by atoms with Crippen molar-refractivity contribution in [3.8, 4) is 11.4 Å². The van der Waals surface area contributed by atoms with Crippen LogP contribution in [-0.4, -0.2) is 19.9 Å². The Kier molecular flexibility index (Phi) is 4.55. The average Bonchev–Trinajstić information content (AvgIpc) is 2.88. The molecule has 1 heterocycles. The average molecular weight is 366 g/mol. The van der Waals surface area contributed by atoms with E-state index >= 15 is 0 Å². The first kappa shape index (κ1) is 17.8. The summed E-state index contributed by atoms with van der Waals surface area (Å²) in [5.41, 5.74) is 2.33. The highest BCUT2D eigenvalue weighted by Crippen LogP contribution is 2.36. The smallest absolute Gasteiger partial charge is 0.416 e. The molecule has 3 rings (SSSR count). The molecule has 3 nitrogen and oxygen atoms in total. The third-order valence-corrected chi connectivity index (χ3v) is 5.45. The molecule has 0 aliphatic carbocycles. The van der Waals surface area contributed by atoms with Crippen molar-refractivity contribution in [3.63, 3.8) is 0 Å².